The van der Waals surface area contributed by atoms with Crippen LogP contribution in [0.3, 0.4) is 0 Å². The van der Waals surface area contributed by atoms with Crippen LogP contribution in [0.5, 0.6) is 0 Å². The monoisotopic (exact) mass is 584 g/mol. The molecular weight excluding hydrogens is 540 g/mol. The predicted molar refractivity (Wildman–Crippen MR) is 149 cm³/mol. The van der Waals surface area contributed by atoms with Crippen LogP contribution < -0.4 is 4.90 Å². The van der Waals surface area contributed by atoms with E-state index < -0.39 is 52.9 Å². The Bertz CT molecular complexity index is 1050. The maximum Gasteiger partial charge on any atom is 0.519 e. The van der Waals surface area contributed by atoms with Gasteiger partial charge in [-0.05, 0) is 96.1 Å². The molecule has 232 valence electrons. The summed E-state index contributed by atoms with van der Waals surface area (Å²) in [5, 5.41) is 0. The van der Waals surface area contributed by atoms with Gasteiger partial charge in [0.05, 0.1) is 30.3 Å². The number of aryl methyl sites for hydroxylation is 1. The number of ether oxygens (including phenoxy) is 6. The van der Waals surface area contributed by atoms with E-state index in [2.05, 4.69) is 9.72 Å². The van der Waals surface area contributed by atoms with Gasteiger partial charge >= 0.3 is 30.5 Å². The van der Waals surface area contributed by atoms with E-state index in [1.165, 1.54) is 19.4 Å². The second-order valence-electron chi connectivity index (χ2n) is 12.6. The van der Waals surface area contributed by atoms with Crippen LogP contribution in [0.1, 0.15) is 99.1 Å². The first kappa shape index (κ1) is 37.1. The molecule has 0 saturated carbocycles. The van der Waals surface area contributed by atoms with Crippen molar-refractivity contribution in [2.75, 3.05) is 12.0 Å². The third kappa shape index (κ3) is 16.1. The molecule has 0 saturated heterocycles. The summed E-state index contributed by atoms with van der Waals surface area (Å²) in [6, 6.07) is 1.34. The van der Waals surface area contributed by atoms with Gasteiger partial charge in [-0.1, -0.05) is 0 Å². The van der Waals surface area contributed by atoms with Crippen LogP contribution in [0.25, 0.3) is 0 Å². The highest BCUT2D eigenvalue weighted by molar-refractivity contribution is 6.10. The van der Waals surface area contributed by atoms with Gasteiger partial charge in [0.1, 0.15) is 22.4 Å². The number of esters is 1. The number of methoxy groups -OCH3 is 1. The number of carbonyl (C=O) groups excluding carboxylic acids is 5. The van der Waals surface area contributed by atoms with Crippen molar-refractivity contribution < 1.29 is 52.4 Å². The number of carbonyl (C=O) groups is 5. The Balaban J connectivity index is 0.000000909. The Labute approximate surface area is 241 Å². The van der Waals surface area contributed by atoms with Crippen LogP contribution in [0, 0.1) is 6.92 Å². The van der Waals surface area contributed by atoms with Crippen LogP contribution >= 0.6 is 0 Å². The first-order valence-corrected chi connectivity index (χ1v) is 12.7. The molecule has 0 N–H and O–H groups in total. The topological polar surface area (TPSA) is 157 Å². The smallest absolute Gasteiger partial charge is 0.465 e. The van der Waals surface area contributed by atoms with Gasteiger partial charge in [-0.15, -0.1) is 0 Å². The Morgan fingerprint density at radius 1 is 0.659 bits per heavy atom. The van der Waals surface area contributed by atoms with Crippen molar-refractivity contribution in [1.82, 2.24) is 4.98 Å². The number of hydrogen-bond donors (Lipinski definition) is 0. The highest BCUT2D eigenvalue weighted by atomic mass is 16.8. The molecule has 0 fully saturated rings. The number of hydrogen-bond acceptors (Lipinski definition) is 12. The van der Waals surface area contributed by atoms with Crippen molar-refractivity contribution in [3.05, 3.63) is 23.5 Å². The maximum atomic E-state index is 12.6. The fourth-order valence-corrected chi connectivity index (χ4v) is 2.47. The Kier molecular flexibility index (Phi) is 12.8. The molecule has 0 bridgehead atoms. The van der Waals surface area contributed by atoms with Crippen molar-refractivity contribution in [2.24, 2.45) is 0 Å². The molecule has 1 heterocycles. The summed E-state index contributed by atoms with van der Waals surface area (Å²) in [5.74, 6) is -0.634. The summed E-state index contributed by atoms with van der Waals surface area (Å²) < 4.78 is 29.1. The lowest BCUT2D eigenvalue weighted by atomic mass is 10.2. The average Bonchev–Trinajstić information content (AvgIpc) is 2.69. The van der Waals surface area contributed by atoms with Crippen LogP contribution in [0.2, 0.25) is 0 Å². The van der Waals surface area contributed by atoms with Gasteiger partial charge in [0.2, 0.25) is 0 Å². The first-order chi connectivity index (χ1) is 18.2. The molecule has 2 amide bonds. The Hall–Kier alpha value is -3.90. The first-order valence-electron chi connectivity index (χ1n) is 12.7. The van der Waals surface area contributed by atoms with Crippen molar-refractivity contribution in [3.63, 3.8) is 0 Å². The molecule has 0 unspecified atom stereocenters. The van der Waals surface area contributed by atoms with E-state index in [9.17, 15) is 24.0 Å². The SMILES string of the molecule is CC(C)(C)OC(=O)OC(=O)OC(C)(C)C.COC(=O)c1cc(N(C(=O)OC(C)(C)C)C(=O)OC(C)(C)C)cnc1C. The molecule has 0 radical (unpaired) electrons. The molecule has 13 heteroatoms. The van der Waals surface area contributed by atoms with Crippen molar-refractivity contribution in [3.8, 4) is 0 Å². The zero-order valence-corrected chi connectivity index (χ0v) is 26.5. The molecule has 1 aromatic rings. The highest BCUT2D eigenvalue weighted by Gasteiger charge is 2.33. The van der Waals surface area contributed by atoms with Crippen LogP contribution in [-0.2, 0) is 28.4 Å². The summed E-state index contributed by atoms with van der Waals surface area (Å²) >= 11 is 0. The lowest BCUT2D eigenvalue weighted by Crippen LogP contribution is -2.44. The highest BCUT2D eigenvalue weighted by Crippen LogP contribution is 2.23. The van der Waals surface area contributed by atoms with Crippen molar-refractivity contribution >= 4 is 36.2 Å². The average molecular weight is 585 g/mol. The number of rotatable bonds is 2. The number of anilines is 1. The fraction of sp³-hybridized carbons (Fsp3) is 0.643. The van der Waals surface area contributed by atoms with E-state index in [0.29, 0.717) is 10.6 Å². The number of imide groups is 1. The molecule has 1 rings (SSSR count). The number of nitrogens with zero attached hydrogens (tertiary/aromatic N) is 2. The maximum absolute atomic E-state index is 12.6. The third-order valence-electron chi connectivity index (χ3n) is 3.83. The fourth-order valence-electron chi connectivity index (χ4n) is 2.47. The van der Waals surface area contributed by atoms with Crippen molar-refractivity contribution in [1.29, 1.82) is 0 Å². The van der Waals surface area contributed by atoms with Crippen LogP contribution in [0.4, 0.5) is 24.9 Å². The molecule has 1 aromatic heterocycles. The van der Waals surface area contributed by atoms with Gasteiger partial charge in [-0.25, -0.2) is 24.0 Å². The summed E-state index contributed by atoms with van der Waals surface area (Å²) in [5.41, 5.74) is -2.49. The molecule has 0 aliphatic rings. The Morgan fingerprint density at radius 3 is 1.34 bits per heavy atom. The van der Waals surface area contributed by atoms with E-state index in [-0.39, 0.29) is 11.3 Å². The number of amides is 2. The van der Waals surface area contributed by atoms with Gasteiger partial charge in [0.25, 0.3) is 0 Å². The lowest BCUT2D eigenvalue weighted by molar-refractivity contribution is -0.0294. The zero-order valence-electron chi connectivity index (χ0n) is 26.5. The van der Waals surface area contributed by atoms with Gasteiger partial charge < -0.3 is 28.4 Å². The van der Waals surface area contributed by atoms with E-state index in [1.54, 1.807) is 90.0 Å². The quantitative estimate of drug-likeness (QED) is 0.205. The van der Waals surface area contributed by atoms with E-state index in [0.717, 1.165) is 0 Å². The molecular formula is C28H44N2O11. The summed E-state index contributed by atoms with van der Waals surface area (Å²) in [6.45, 7) is 21.7. The van der Waals surface area contributed by atoms with Crippen LogP contribution in [-0.4, -0.2) is 65.0 Å². The zero-order chi connectivity index (χ0) is 32.6. The minimum Gasteiger partial charge on any atom is -0.465 e. The molecule has 0 spiro atoms. The molecule has 41 heavy (non-hydrogen) atoms. The minimum absolute atomic E-state index is 0.0412. The van der Waals surface area contributed by atoms with Crippen molar-refractivity contribution in [2.45, 2.75) is 112 Å². The predicted octanol–water partition coefficient (Wildman–Crippen LogP) is 6.73. The summed E-state index contributed by atoms with van der Waals surface area (Å²) in [4.78, 5) is 63.8. The van der Waals surface area contributed by atoms with E-state index in [4.69, 9.17) is 23.7 Å². The van der Waals surface area contributed by atoms with Gasteiger partial charge in [-0.3, -0.25) is 4.98 Å². The Morgan fingerprint density at radius 2 is 1.02 bits per heavy atom. The summed E-state index contributed by atoms with van der Waals surface area (Å²) in [7, 11) is 1.23. The lowest BCUT2D eigenvalue weighted by Gasteiger charge is -2.28. The minimum atomic E-state index is -1.06. The number of pyridine rings is 1. The van der Waals surface area contributed by atoms with E-state index in [1.807, 2.05) is 0 Å². The second-order valence-corrected chi connectivity index (χ2v) is 12.6. The molecule has 0 aromatic carbocycles. The van der Waals surface area contributed by atoms with Crippen LogP contribution in [0.15, 0.2) is 12.3 Å². The second kappa shape index (κ2) is 14.1. The van der Waals surface area contributed by atoms with E-state index >= 15 is 0 Å². The largest absolute Gasteiger partial charge is 0.519 e. The van der Waals surface area contributed by atoms with Gasteiger partial charge in [0, 0.05) is 0 Å². The third-order valence-corrected chi connectivity index (χ3v) is 3.83. The molecule has 0 aliphatic carbocycles. The van der Waals surface area contributed by atoms with Gasteiger partial charge in [-0.2, -0.15) is 4.90 Å². The standard InChI is InChI=1S/C18H26N2O6.C10H18O5/c1-11-13(14(21)24-8)9-12(10-19-11)20(15(22)25-17(2,3)4)16(23)26-18(5,6)7;1-9(2,3)14-7(11)13-8(12)15-10(4,5)6/h9-10H,1-8H3;1-6H3. The van der Waals surface area contributed by atoms with Gasteiger partial charge in [0.15, 0.2) is 0 Å². The molecule has 0 aliphatic heterocycles. The molecule has 13 nitrogen and oxygen atoms in total. The normalized spacial score (nSPS) is 11.7. The summed E-state index contributed by atoms with van der Waals surface area (Å²) in [6.07, 6.45) is -2.70. The number of aromatic nitrogens is 1. The molecule has 0 atom stereocenters.